The number of phenolic OH excluding ortho intramolecular Hbond substituents is 1. The number of nitrogens with zero attached hydrogens (tertiary/aromatic N) is 3. The second-order valence-electron chi connectivity index (χ2n) is 5.54. The number of thiophene rings is 1. The molecule has 0 saturated carbocycles. The average molecular weight is 341 g/mol. The molecule has 1 aliphatic rings. The van der Waals surface area contributed by atoms with Gasteiger partial charge >= 0.3 is 0 Å². The lowest BCUT2D eigenvalue weighted by Gasteiger charge is -2.28. The lowest BCUT2D eigenvalue weighted by Crippen LogP contribution is -2.36. The monoisotopic (exact) mass is 341 g/mol. The Labute approximate surface area is 142 Å². The van der Waals surface area contributed by atoms with E-state index < -0.39 is 0 Å². The number of ether oxygens (including phenoxy) is 1. The summed E-state index contributed by atoms with van der Waals surface area (Å²) in [7, 11) is 0. The second kappa shape index (κ2) is 6.18. The van der Waals surface area contributed by atoms with Crippen LogP contribution in [0.3, 0.4) is 0 Å². The molecule has 0 bridgehead atoms. The maximum absolute atomic E-state index is 11.1. The Morgan fingerprint density at radius 1 is 1.21 bits per heavy atom. The summed E-state index contributed by atoms with van der Waals surface area (Å²) < 4.78 is 6.46. The predicted molar refractivity (Wildman–Crippen MR) is 92.9 cm³/mol. The number of carbonyl (C=O) groups excluding carboxylic acids is 1. The van der Waals surface area contributed by atoms with Crippen LogP contribution in [0.5, 0.6) is 5.75 Å². The van der Waals surface area contributed by atoms with E-state index in [1.165, 1.54) is 6.07 Å². The van der Waals surface area contributed by atoms with Crippen LogP contribution >= 0.6 is 11.3 Å². The zero-order chi connectivity index (χ0) is 16.5. The first-order valence-corrected chi connectivity index (χ1v) is 8.50. The maximum Gasteiger partial charge on any atom is 0.162 e. The summed E-state index contributed by atoms with van der Waals surface area (Å²) in [6.07, 6.45) is 0.704. The number of anilines is 1. The molecule has 0 spiro atoms. The van der Waals surface area contributed by atoms with Gasteiger partial charge in [0.1, 0.15) is 12.0 Å². The van der Waals surface area contributed by atoms with Gasteiger partial charge in [0, 0.05) is 24.2 Å². The fraction of sp³-hybridized carbons (Fsp3) is 0.235. The summed E-state index contributed by atoms with van der Waals surface area (Å²) in [4.78, 5) is 22.6. The second-order valence-corrected chi connectivity index (χ2v) is 6.45. The Kier molecular flexibility index (Phi) is 3.87. The number of hydrogen-bond donors (Lipinski definition) is 1. The zero-order valence-corrected chi connectivity index (χ0v) is 13.6. The zero-order valence-electron chi connectivity index (χ0n) is 12.8. The minimum atomic E-state index is 0.0246. The van der Waals surface area contributed by atoms with Crippen molar-refractivity contribution < 1.29 is 14.6 Å². The summed E-state index contributed by atoms with van der Waals surface area (Å²) in [5.41, 5.74) is 1.88. The number of carbonyl (C=O) groups is 1. The SMILES string of the molecule is O=Cc1cc(O)cc(-c2nc(N3CCOCC3)c3sccc3n2)c1. The first-order chi connectivity index (χ1) is 11.7. The van der Waals surface area contributed by atoms with E-state index in [-0.39, 0.29) is 5.75 Å². The Bertz CT molecular complexity index is 903. The molecule has 1 aromatic carbocycles. The van der Waals surface area contributed by atoms with Crippen molar-refractivity contribution in [2.24, 2.45) is 0 Å². The molecule has 1 fully saturated rings. The van der Waals surface area contributed by atoms with Crippen molar-refractivity contribution in [3.8, 4) is 17.1 Å². The van der Waals surface area contributed by atoms with Gasteiger partial charge in [-0.1, -0.05) is 0 Å². The van der Waals surface area contributed by atoms with Crippen molar-refractivity contribution in [3.05, 3.63) is 35.2 Å². The lowest BCUT2D eigenvalue weighted by atomic mass is 10.1. The van der Waals surface area contributed by atoms with Crippen LogP contribution < -0.4 is 4.90 Å². The van der Waals surface area contributed by atoms with E-state index in [2.05, 4.69) is 9.88 Å². The number of aromatic nitrogens is 2. The van der Waals surface area contributed by atoms with Gasteiger partial charge in [0.05, 0.1) is 23.4 Å². The van der Waals surface area contributed by atoms with Gasteiger partial charge in [-0.15, -0.1) is 11.3 Å². The molecule has 4 rings (SSSR count). The van der Waals surface area contributed by atoms with E-state index >= 15 is 0 Å². The molecule has 24 heavy (non-hydrogen) atoms. The Morgan fingerprint density at radius 2 is 2.04 bits per heavy atom. The van der Waals surface area contributed by atoms with Gasteiger partial charge in [-0.25, -0.2) is 9.97 Å². The first kappa shape index (κ1) is 15.0. The van der Waals surface area contributed by atoms with Crippen molar-refractivity contribution in [1.29, 1.82) is 0 Å². The summed E-state index contributed by atoms with van der Waals surface area (Å²) in [5.74, 6) is 1.40. The fourth-order valence-electron chi connectivity index (χ4n) is 2.80. The quantitative estimate of drug-likeness (QED) is 0.738. The van der Waals surface area contributed by atoms with Gasteiger partial charge in [-0.3, -0.25) is 4.79 Å². The number of aromatic hydroxyl groups is 1. The summed E-state index contributed by atoms with van der Waals surface area (Å²) >= 11 is 1.61. The molecular weight excluding hydrogens is 326 g/mol. The van der Waals surface area contributed by atoms with Gasteiger partial charge in [-0.2, -0.15) is 0 Å². The van der Waals surface area contributed by atoms with E-state index in [9.17, 15) is 9.90 Å². The van der Waals surface area contributed by atoms with E-state index in [0.29, 0.717) is 36.5 Å². The molecular formula is C17H15N3O3S. The molecule has 122 valence electrons. The summed E-state index contributed by atoms with van der Waals surface area (Å²) in [6, 6.07) is 6.63. The molecule has 0 radical (unpaired) electrons. The van der Waals surface area contributed by atoms with Crippen LogP contribution in [0.4, 0.5) is 5.82 Å². The number of benzene rings is 1. The van der Waals surface area contributed by atoms with E-state index in [1.54, 1.807) is 23.5 Å². The standard InChI is InChI=1S/C17H15N3O3S/c21-10-11-7-12(9-13(22)8-11)16-18-14-1-6-24-15(14)17(19-16)20-2-4-23-5-3-20/h1,6-10,22H,2-5H2. The number of aldehydes is 1. The van der Waals surface area contributed by atoms with Crippen molar-refractivity contribution in [1.82, 2.24) is 9.97 Å². The van der Waals surface area contributed by atoms with Crippen LogP contribution in [0, 0.1) is 0 Å². The van der Waals surface area contributed by atoms with Crippen LogP contribution in [-0.4, -0.2) is 47.7 Å². The molecule has 3 aromatic rings. The minimum absolute atomic E-state index is 0.0246. The molecule has 3 heterocycles. The van der Waals surface area contributed by atoms with Gasteiger partial charge in [0.15, 0.2) is 11.6 Å². The number of rotatable bonds is 3. The van der Waals surface area contributed by atoms with Crippen LogP contribution in [0.2, 0.25) is 0 Å². The molecule has 0 atom stereocenters. The topological polar surface area (TPSA) is 75.5 Å². The number of fused-ring (bicyclic) bond motifs is 1. The highest BCUT2D eigenvalue weighted by molar-refractivity contribution is 7.17. The van der Waals surface area contributed by atoms with Gasteiger partial charge in [0.2, 0.25) is 0 Å². The normalized spacial score (nSPS) is 14.9. The molecule has 7 heteroatoms. The molecule has 2 aromatic heterocycles. The average Bonchev–Trinajstić information content (AvgIpc) is 3.09. The minimum Gasteiger partial charge on any atom is -0.508 e. The third-order valence-electron chi connectivity index (χ3n) is 3.93. The largest absolute Gasteiger partial charge is 0.508 e. The van der Waals surface area contributed by atoms with Crippen LogP contribution in [0.25, 0.3) is 21.6 Å². The third kappa shape index (κ3) is 2.72. The third-order valence-corrected chi connectivity index (χ3v) is 4.83. The lowest BCUT2D eigenvalue weighted by molar-refractivity contribution is 0.112. The highest BCUT2D eigenvalue weighted by atomic mass is 32.1. The van der Waals surface area contributed by atoms with Crippen molar-refractivity contribution >= 4 is 33.7 Å². The number of hydrogen-bond acceptors (Lipinski definition) is 7. The number of phenols is 1. The van der Waals surface area contributed by atoms with E-state index in [0.717, 1.165) is 29.1 Å². The van der Waals surface area contributed by atoms with Gasteiger partial charge < -0.3 is 14.7 Å². The Morgan fingerprint density at radius 3 is 2.83 bits per heavy atom. The summed E-state index contributed by atoms with van der Waals surface area (Å²) in [5, 5.41) is 11.8. The predicted octanol–water partition coefficient (Wildman–Crippen LogP) is 2.71. The highest BCUT2D eigenvalue weighted by Gasteiger charge is 2.19. The molecule has 0 unspecified atom stereocenters. The fourth-order valence-corrected chi connectivity index (χ4v) is 3.65. The van der Waals surface area contributed by atoms with Crippen LogP contribution in [0.1, 0.15) is 10.4 Å². The molecule has 1 aliphatic heterocycles. The summed E-state index contributed by atoms with van der Waals surface area (Å²) in [6.45, 7) is 2.91. The smallest absolute Gasteiger partial charge is 0.162 e. The first-order valence-electron chi connectivity index (χ1n) is 7.62. The van der Waals surface area contributed by atoms with E-state index in [1.807, 2.05) is 11.4 Å². The van der Waals surface area contributed by atoms with Gasteiger partial charge in [0.25, 0.3) is 0 Å². The molecule has 0 amide bonds. The Balaban J connectivity index is 1.87. The molecule has 1 saturated heterocycles. The van der Waals surface area contributed by atoms with E-state index in [4.69, 9.17) is 9.72 Å². The number of morpholine rings is 1. The van der Waals surface area contributed by atoms with Crippen LogP contribution in [0.15, 0.2) is 29.6 Å². The van der Waals surface area contributed by atoms with Crippen molar-refractivity contribution in [2.75, 3.05) is 31.2 Å². The van der Waals surface area contributed by atoms with Gasteiger partial charge in [-0.05, 0) is 29.6 Å². The maximum atomic E-state index is 11.1. The van der Waals surface area contributed by atoms with Crippen LogP contribution in [-0.2, 0) is 4.74 Å². The molecule has 6 nitrogen and oxygen atoms in total. The van der Waals surface area contributed by atoms with Crippen molar-refractivity contribution in [2.45, 2.75) is 0 Å². The molecule has 1 N–H and O–H groups in total. The molecule has 0 aliphatic carbocycles. The Hall–Kier alpha value is -2.51. The van der Waals surface area contributed by atoms with Crippen molar-refractivity contribution in [3.63, 3.8) is 0 Å². The highest BCUT2D eigenvalue weighted by Crippen LogP contribution is 2.32.